The van der Waals surface area contributed by atoms with E-state index in [-0.39, 0.29) is 79.2 Å². The van der Waals surface area contributed by atoms with Gasteiger partial charge in [0, 0.05) is 18.9 Å². The first-order valence-corrected chi connectivity index (χ1v) is 16.7. The molecule has 0 aliphatic heterocycles. The van der Waals surface area contributed by atoms with Crippen LogP contribution in [0, 0.1) is 59.1 Å². The summed E-state index contributed by atoms with van der Waals surface area (Å²) in [4.78, 5) is 4.12. The van der Waals surface area contributed by atoms with Crippen LogP contribution in [0.25, 0.3) is 44.1 Å². The Balaban J connectivity index is 2.03. The van der Waals surface area contributed by atoms with E-state index in [0.29, 0.717) is 12.5 Å². The maximum Gasteiger partial charge on any atom is 0.522 e. The van der Waals surface area contributed by atoms with Gasteiger partial charge in [-0.1, -0.05) is 6.08 Å². The van der Waals surface area contributed by atoms with Gasteiger partial charge in [-0.15, -0.1) is 0 Å². The zero-order valence-electron chi connectivity index (χ0n) is 23.6. The van der Waals surface area contributed by atoms with Crippen LogP contribution in [-0.4, -0.2) is 29.3 Å². The van der Waals surface area contributed by atoms with Crippen molar-refractivity contribution in [3.8, 4) is 34.4 Å². The van der Waals surface area contributed by atoms with Gasteiger partial charge < -0.3 is 0 Å². The average Bonchev–Trinajstić information content (AvgIpc) is 3.55. The van der Waals surface area contributed by atoms with Gasteiger partial charge in [0.2, 0.25) is 0 Å². The fourth-order valence-electron chi connectivity index (χ4n) is 5.83. The molecule has 0 amide bonds. The summed E-state index contributed by atoms with van der Waals surface area (Å²) in [6.07, 6.45) is 3.69. The van der Waals surface area contributed by atoms with Crippen molar-refractivity contribution >= 4 is 31.8 Å². The Morgan fingerprint density at radius 3 is 1.37 bits per heavy atom. The number of hydrogen-bond donors (Lipinski definition) is 0. The maximum atomic E-state index is 15.2. The molecule has 2 aliphatic carbocycles. The molecule has 0 heterocycles. The first-order chi connectivity index (χ1) is 21.5. The van der Waals surface area contributed by atoms with Gasteiger partial charge in [0.05, 0.1) is 5.57 Å². The first kappa shape index (κ1) is 31.9. The van der Waals surface area contributed by atoms with Gasteiger partial charge in [0.1, 0.15) is 63.9 Å². The fraction of sp³-hybridized carbons (Fsp3) is 0.125. The Bertz CT molecular complexity index is 2310. The highest BCUT2D eigenvalue weighted by molar-refractivity contribution is 7.91. The monoisotopic (exact) mass is 660 g/mol. The van der Waals surface area contributed by atoms with Gasteiger partial charge in [-0.2, -0.15) is 20.2 Å². The van der Waals surface area contributed by atoms with Gasteiger partial charge in [-0.05, 0) is 86.2 Å². The lowest BCUT2D eigenvalue weighted by Gasteiger charge is -2.17. The summed E-state index contributed by atoms with van der Waals surface area (Å²) < 4.78 is 109. The smallest absolute Gasteiger partial charge is 0.224 e. The standard InChI is InChI=1S/C32H16F4N4O4S2/c1-39-32(40-2)18-7-22-23(8-18)29(17-11-26(35)31(27(36)12-17)46(4,43)44)21-6-15(19(13-37)14-38)5-20(21)28(22)16-9-24(33)30(25(34)10-16)45(3,41)42/h5,8-12H,6-7H2,3-4H3. The molecule has 3 aromatic rings. The summed E-state index contributed by atoms with van der Waals surface area (Å²) in [6.45, 7) is 14.9. The van der Waals surface area contributed by atoms with Crippen LogP contribution in [0.5, 0.6) is 0 Å². The number of nitriles is 2. The summed E-state index contributed by atoms with van der Waals surface area (Å²) >= 11 is 0. The number of sulfone groups is 2. The van der Waals surface area contributed by atoms with E-state index in [9.17, 15) is 27.4 Å². The summed E-state index contributed by atoms with van der Waals surface area (Å²) in [5.41, 5.74) is 0.345. The van der Waals surface area contributed by atoms with E-state index in [4.69, 9.17) is 13.1 Å². The van der Waals surface area contributed by atoms with E-state index in [1.165, 1.54) is 12.2 Å². The topological polar surface area (TPSA) is 125 Å². The number of allylic oxidation sites excluding steroid dienone is 3. The Labute approximate surface area is 260 Å². The molecule has 0 spiro atoms. The van der Waals surface area contributed by atoms with Crippen LogP contribution in [0.4, 0.5) is 17.6 Å². The van der Waals surface area contributed by atoms with E-state index in [1.54, 1.807) is 12.1 Å². The number of hydrogen-bond acceptors (Lipinski definition) is 6. The predicted molar refractivity (Wildman–Crippen MR) is 157 cm³/mol. The Hall–Kier alpha value is -5.54. The highest BCUT2D eigenvalue weighted by Crippen LogP contribution is 2.37. The van der Waals surface area contributed by atoms with Crippen LogP contribution in [-0.2, 0) is 32.5 Å². The summed E-state index contributed by atoms with van der Waals surface area (Å²) in [5, 5.41) is 19.5. The van der Waals surface area contributed by atoms with E-state index in [0.717, 1.165) is 24.3 Å². The molecule has 3 aromatic carbocycles. The molecule has 0 fully saturated rings. The molecule has 228 valence electrons. The van der Waals surface area contributed by atoms with Crippen molar-refractivity contribution < 1.29 is 34.4 Å². The molecule has 0 unspecified atom stereocenters. The van der Waals surface area contributed by atoms with Crippen molar-refractivity contribution in [1.82, 2.24) is 0 Å². The minimum atomic E-state index is -4.34. The second-order valence-electron chi connectivity index (χ2n) is 10.5. The van der Waals surface area contributed by atoms with Crippen molar-refractivity contribution in [2.45, 2.75) is 22.6 Å². The lowest BCUT2D eigenvalue weighted by molar-refractivity contribution is 0.520. The zero-order chi connectivity index (χ0) is 33.9. The number of halogens is 4. The van der Waals surface area contributed by atoms with Crippen molar-refractivity contribution in [2.75, 3.05) is 12.5 Å². The van der Waals surface area contributed by atoms with Crippen LogP contribution < -0.4 is 10.4 Å². The van der Waals surface area contributed by atoms with Crippen LogP contribution in [0.15, 0.2) is 56.6 Å². The van der Waals surface area contributed by atoms with Crippen molar-refractivity contribution in [2.24, 2.45) is 0 Å². The molecule has 5 rings (SSSR count). The third-order valence-electron chi connectivity index (χ3n) is 7.52. The van der Waals surface area contributed by atoms with Gasteiger partial charge in [0.15, 0.2) is 19.7 Å². The molecular formula is C32H16F4N4O4S2. The van der Waals surface area contributed by atoms with Crippen molar-refractivity contribution in [1.29, 1.82) is 10.5 Å². The molecule has 0 aromatic heterocycles. The van der Waals surface area contributed by atoms with Crippen LogP contribution in [0.2, 0.25) is 0 Å². The second kappa shape index (κ2) is 11.1. The first-order valence-electron chi connectivity index (χ1n) is 12.9. The Kier molecular flexibility index (Phi) is 7.70. The quantitative estimate of drug-likeness (QED) is 0.232. The maximum absolute atomic E-state index is 15.2. The SMILES string of the molecule is [C-]#[N+]C([N+]#[C-])=C1C=c2c(c(-c3cc(F)c(S(C)(=O)=O)c(F)c3)c3c(c2-c2cc(F)c(S(C)(=O)=O)c(F)c2)CC(=C(C#N)C#N)C=3)C1. The molecule has 14 heteroatoms. The highest BCUT2D eigenvalue weighted by Gasteiger charge is 2.32. The number of fused-ring (bicyclic) bond motifs is 2. The van der Waals surface area contributed by atoms with E-state index in [1.807, 2.05) is 0 Å². The zero-order valence-corrected chi connectivity index (χ0v) is 25.3. The van der Waals surface area contributed by atoms with Gasteiger partial charge >= 0.3 is 5.82 Å². The summed E-state index contributed by atoms with van der Waals surface area (Å²) in [6, 6.07) is 6.65. The molecule has 0 N–H and O–H groups in total. The normalized spacial score (nSPS) is 13.3. The van der Waals surface area contributed by atoms with Gasteiger partial charge in [-0.25, -0.2) is 34.4 Å². The molecule has 0 saturated heterocycles. The Morgan fingerprint density at radius 1 is 0.696 bits per heavy atom. The molecule has 46 heavy (non-hydrogen) atoms. The van der Waals surface area contributed by atoms with Gasteiger partial charge in [-0.3, -0.25) is 0 Å². The molecular weight excluding hydrogens is 645 g/mol. The third kappa shape index (κ3) is 5.14. The molecule has 2 aliphatic rings. The second-order valence-corrected chi connectivity index (χ2v) is 14.4. The largest absolute Gasteiger partial charge is 0.522 e. The Morgan fingerprint density at radius 2 is 1.04 bits per heavy atom. The van der Waals surface area contributed by atoms with Crippen molar-refractivity contribution in [3.05, 3.63) is 114 Å². The molecule has 0 saturated carbocycles. The minimum absolute atomic E-state index is 0.103. The predicted octanol–water partition coefficient (Wildman–Crippen LogP) is 4.45. The van der Waals surface area contributed by atoms with Crippen LogP contribution in [0.1, 0.15) is 11.1 Å². The molecule has 8 nitrogen and oxygen atoms in total. The lowest BCUT2D eigenvalue weighted by Crippen LogP contribution is -2.23. The summed E-state index contributed by atoms with van der Waals surface area (Å²) in [7, 11) is -8.67. The molecule has 0 bridgehead atoms. The fourth-order valence-corrected chi connectivity index (χ4v) is 7.48. The van der Waals surface area contributed by atoms with Crippen molar-refractivity contribution in [3.63, 3.8) is 0 Å². The molecule has 0 radical (unpaired) electrons. The highest BCUT2D eigenvalue weighted by atomic mass is 32.2. The number of rotatable bonds is 4. The van der Waals surface area contributed by atoms with E-state index >= 15 is 17.6 Å². The summed E-state index contributed by atoms with van der Waals surface area (Å²) in [5.74, 6) is -5.99. The minimum Gasteiger partial charge on any atom is -0.224 e. The van der Waals surface area contributed by atoms with E-state index in [2.05, 4.69) is 9.69 Å². The number of benzene rings is 3. The third-order valence-corrected chi connectivity index (χ3v) is 9.79. The average molecular weight is 661 g/mol. The van der Waals surface area contributed by atoms with Gasteiger partial charge in [0.25, 0.3) is 0 Å². The van der Waals surface area contributed by atoms with Crippen LogP contribution >= 0.6 is 0 Å². The molecule has 0 atom stereocenters. The number of nitrogens with zero attached hydrogens (tertiary/aromatic N) is 4. The van der Waals surface area contributed by atoms with Crippen LogP contribution in [0.3, 0.4) is 0 Å². The van der Waals surface area contributed by atoms with E-state index < -0.39 is 52.7 Å². The lowest BCUT2D eigenvalue weighted by atomic mass is 9.87.